The van der Waals surface area contributed by atoms with E-state index < -0.39 is 19.0 Å². The summed E-state index contributed by atoms with van der Waals surface area (Å²) in [4.78, 5) is 13.9. The van der Waals surface area contributed by atoms with Crippen molar-refractivity contribution in [3.05, 3.63) is 0 Å². The number of hydrogen-bond donors (Lipinski definition) is 2. The van der Waals surface area contributed by atoms with Gasteiger partial charge in [0.1, 0.15) is 0 Å². The zero-order valence-corrected chi connectivity index (χ0v) is 11.2. The van der Waals surface area contributed by atoms with Gasteiger partial charge in [0, 0.05) is 12.1 Å². The van der Waals surface area contributed by atoms with Crippen molar-refractivity contribution in [2.45, 2.75) is 57.7 Å². The van der Waals surface area contributed by atoms with Gasteiger partial charge in [-0.2, -0.15) is 0 Å². The fourth-order valence-corrected chi connectivity index (χ4v) is 2.55. The lowest BCUT2D eigenvalue weighted by Gasteiger charge is -2.31. The fraction of sp³-hybridized carbons (Fsp3) is 0.917. The van der Waals surface area contributed by atoms with Crippen LogP contribution in [0.4, 0.5) is 8.78 Å². The number of carbonyl (C=O) groups excluding carboxylic acids is 1. The smallest absolute Gasteiger partial charge is 0.277 e. The van der Waals surface area contributed by atoms with Gasteiger partial charge >= 0.3 is 0 Å². The minimum absolute atomic E-state index is 0.316. The van der Waals surface area contributed by atoms with Crippen LogP contribution in [0.15, 0.2) is 0 Å². The average Bonchev–Trinajstić information content (AvgIpc) is 2.65. The second-order valence-corrected chi connectivity index (χ2v) is 5.18. The molecular weight excluding hydrogens is 240 g/mol. The molecule has 1 saturated heterocycles. The summed E-state index contributed by atoms with van der Waals surface area (Å²) in [6, 6.07) is 0.248. The average molecular weight is 263 g/mol. The minimum Gasteiger partial charge on any atom is -0.349 e. The number of nitrogens with one attached hydrogen (secondary N) is 1. The van der Waals surface area contributed by atoms with Crippen LogP contribution in [0.2, 0.25) is 0 Å². The third kappa shape index (κ3) is 3.62. The van der Waals surface area contributed by atoms with Gasteiger partial charge in [-0.1, -0.05) is 0 Å². The van der Waals surface area contributed by atoms with Crippen molar-refractivity contribution in [3.63, 3.8) is 0 Å². The second-order valence-electron chi connectivity index (χ2n) is 5.18. The Morgan fingerprint density at radius 3 is 2.39 bits per heavy atom. The lowest BCUT2D eigenvalue weighted by molar-refractivity contribution is -0.128. The number of rotatable bonds is 5. The van der Waals surface area contributed by atoms with Gasteiger partial charge in [0.05, 0.1) is 19.1 Å². The second kappa shape index (κ2) is 5.93. The maximum Gasteiger partial charge on any atom is 0.277 e. The van der Waals surface area contributed by atoms with Crippen LogP contribution in [-0.4, -0.2) is 47.9 Å². The zero-order valence-electron chi connectivity index (χ0n) is 11.2. The lowest BCUT2D eigenvalue weighted by Crippen LogP contribution is -2.51. The van der Waals surface area contributed by atoms with Gasteiger partial charge < -0.3 is 11.1 Å². The lowest BCUT2D eigenvalue weighted by atomic mass is 10.2. The molecule has 1 heterocycles. The Bertz CT molecular complexity index is 289. The summed E-state index contributed by atoms with van der Waals surface area (Å²) in [5.74, 6) is -3.39. The van der Waals surface area contributed by atoms with E-state index in [2.05, 4.69) is 24.1 Å². The highest BCUT2D eigenvalue weighted by molar-refractivity contribution is 5.81. The fourth-order valence-electron chi connectivity index (χ4n) is 2.55. The van der Waals surface area contributed by atoms with Crippen LogP contribution < -0.4 is 11.1 Å². The number of alkyl halides is 2. The van der Waals surface area contributed by atoms with E-state index in [0.717, 1.165) is 12.8 Å². The number of carbonyl (C=O) groups is 1. The topological polar surface area (TPSA) is 58.4 Å². The van der Waals surface area contributed by atoms with E-state index in [9.17, 15) is 13.6 Å². The van der Waals surface area contributed by atoms with E-state index in [-0.39, 0.29) is 11.9 Å². The molecule has 3 unspecified atom stereocenters. The van der Waals surface area contributed by atoms with Gasteiger partial charge in [-0.05, 0) is 33.6 Å². The molecule has 3 N–H and O–H groups in total. The molecule has 1 aliphatic heterocycles. The SMILES string of the molecule is CC1CCC(C)N1C(C)C(=O)NCC(F)(F)CN. The van der Waals surface area contributed by atoms with Crippen molar-refractivity contribution >= 4 is 5.91 Å². The van der Waals surface area contributed by atoms with Crippen LogP contribution >= 0.6 is 0 Å². The van der Waals surface area contributed by atoms with Gasteiger partial charge in [-0.25, -0.2) is 8.78 Å². The predicted molar refractivity (Wildman–Crippen MR) is 66.5 cm³/mol. The number of likely N-dealkylation sites (tertiary alicyclic amines) is 1. The molecule has 106 valence electrons. The van der Waals surface area contributed by atoms with Crippen molar-refractivity contribution in [3.8, 4) is 0 Å². The first kappa shape index (κ1) is 15.3. The van der Waals surface area contributed by atoms with Gasteiger partial charge in [0.25, 0.3) is 5.92 Å². The van der Waals surface area contributed by atoms with Crippen molar-refractivity contribution in [1.82, 2.24) is 10.2 Å². The molecule has 0 spiro atoms. The third-order valence-electron chi connectivity index (χ3n) is 3.67. The molecule has 0 saturated carbocycles. The van der Waals surface area contributed by atoms with Crippen LogP contribution in [0, 0.1) is 0 Å². The van der Waals surface area contributed by atoms with Gasteiger partial charge in [-0.15, -0.1) is 0 Å². The molecule has 1 amide bonds. The summed E-state index contributed by atoms with van der Waals surface area (Å²) in [6.45, 7) is 4.43. The summed E-state index contributed by atoms with van der Waals surface area (Å²) in [5, 5.41) is 2.28. The Morgan fingerprint density at radius 1 is 1.44 bits per heavy atom. The molecule has 1 aliphatic rings. The Labute approximate surface area is 107 Å². The molecule has 1 rings (SSSR count). The summed E-state index contributed by atoms with van der Waals surface area (Å²) in [6.07, 6.45) is 2.08. The maximum atomic E-state index is 13.0. The molecule has 0 aromatic rings. The molecule has 6 heteroatoms. The van der Waals surface area contributed by atoms with Gasteiger partial charge in [0.15, 0.2) is 0 Å². The molecular formula is C12H23F2N3O. The normalized spacial score (nSPS) is 27.2. The first-order valence-electron chi connectivity index (χ1n) is 6.41. The molecule has 0 aromatic carbocycles. The van der Waals surface area contributed by atoms with Crippen LogP contribution in [0.5, 0.6) is 0 Å². The van der Waals surface area contributed by atoms with E-state index in [4.69, 9.17) is 5.73 Å². The van der Waals surface area contributed by atoms with Crippen molar-refractivity contribution in [2.24, 2.45) is 5.73 Å². The van der Waals surface area contributed by atoms with Crippen molar-refractivity contribution in [1.29, 1.82) is 0 Å². The molecule has 18 heavy (non-hydrogen) atoms. The van der Waals surface area contributed by atoms with Crippen LogP contribution in [-0.2, 0) is 4.79 Å². The van der Waals surface area contributed by atoms with Crippen molar-refractivity contribution < 1.29 is 13.6 Å². The molecule has 4 nitrogen and oxygen atoms in total. The quantitative estimate of drug-likeness (QED) is 0.776. The van der Waals surface area contributed by atoms with Crippen LogP contribution in [0.3, 0.4) is 0 Å². The molecule has 3 atom stereocenters. The first-order chi connectivity index (χ1) is 8.28. The van der Waals surface area contributed by atoms with Gasteiger partial charge in [0.2, 0.25) is 5.91 Å². The number of amides is 1. The highest BCUT2D eigenvalue weighted by Crippen LogP contribution is 2.25. The summed E-state index contributed by atoms with van der Waals surface area (Å²) >= 11 is 0. The Morgan fingerprint density at radius 2 is 1.94 bits per heavy atom. The Balaban J connectivity index is 2.51. The number of halogens is 2. The predicted octanol–water partition coefficient (Wildman–Crippen LogP) is 0.958. The maximum absolute atomic E-state index is 13.0. The van der Waals surface area contributed by atoms with Crippen LogP contribution in [0.25, 0.3) is 0 Å². The van der Waals surface area contributed by atoms with Gasteiger partial charge in [-0.3, -0.25) is 9.69 Å². The largest absolute Gasteiger partial charge is 0.349 e. The molecule has 0 bridgehead atoms. The molecule has 1 fully saturated rings. The highest BCUT2D eigenvalue weighted by atomic mass is 19.3. The Hall–Kier alpha value is -0.750. The molecule has 0 aromatic heterocycles. The first-order valence-corrected chi connectivity index (χ1v) is 6.41. The zero-order chi connectivity index (χ0) is 13.9. The standard InChI is InChI=1S/C12H23F2N3O/c1-8-4-5-9(2)17(8)10(3)11(18)16-7-12(13,14)6-15/h8-10H,4-7,15H2,1-3H3,(H,16,18). The van der Waals surface area contributed by atoms with E-state index >= 15 is 0 Å². The monoisotopic (exact) mass is 263 g/mol. The van der Waals surface area contributed by atoms with E-state index in [0.29, 0.717) is 12.1 Å². The Kier molecular flexibility index (Phi) is 5.04. The van der Waals surface area contributed by atoms with E-state index in [1.807, 2.05) is 0 Å². The number of nitrogens with zero attached hydrogens (tertiary/aromatic N) is 1. The summed E-state index contributed by atoms with van der Waals surface area (Å²) in [7, 11) is 0. The highest BCUT2D eigenvalue weighted by Gasteiger charge is 2.35. The minimum atomic E-state index is -3.03. The summed E-state index contributed by atoms with van der Waals surface area (Å²) in [5.41, 5.74) is 4.92. The molecule has 0 radical (unpaired) electrons. The van der Waals surface area contributed by atoms with Crippen LogP contribution in [0.1, 0.15) is 33.6 Å². The number of hydrogen-bond acceptors (Lipinski definition) is 3. The van der Waals surface area contributed by atoms with E-state index in [1.165, 1.54) is 0 Å². The van der Waals surface area contributed by atoms with Crippen molar-refractivity contribution in [2.75, 3.05) is 13.1 Å². The van der Waals surface area contributed by atoms with E-state index in [1.54, 1.807) is 6.92 Å². The third-order valence-corrected chi connectivity index (χ3v) is 3.67. The number of nitrogens with two attached hydrogens (primary N) is 1. The molecule has 0 aliphatic carbocycles. The summed E-state index contributed by atoms with van der Waals surface area (Å²) < 4.78 is 25.9.